The number of carbonyl (C=O) groups is 2. The number of nitrogens with zero attached hydrogens (tertiary/aromatic N) is 3. The third-order valence-electron chi connectivity index (χ3n) is 3.75. The minimum Gasteiger partial charge on any atom is -0.267 e. The zero-order valence-electron chi connectivity index (χ0n) is 12.7. The van der Waals surface area contributed by atoms with Crippen LogP contribution >= 0.6 is 15.9 Å². The van der Waals surface area contributed by atoms with Crippen molar-refractivity contribution < 1.29 is 9.59 Å². The van der Waals surface area contributed by atoms with Crippen LogP contribution in [0.4, 0.5) is 0 Å². The van der Waals surface area contributed by atoms with Crippen molar-refractivity contribution >= 4 is 27.7 Å². The lowest BCUT2D eigenvalue weighted by Crippen LogP contribution is -2.44. The van der Waals surface area contributed by atoms with Crippen LogP contribution in [0.5, 0.6) is 0 Å². The van der Waals surface area contributed by atoms with E-state index in [1.807, 2.05) is 19.1 Å². The number of carbonyl (C=O) groups excluding carboxylic acids is 2. The van der Waals surface area contributed by atoms with Crippen molar-refractivity contribution in [1.82, 2.24) is 15.0 Å². The summed E-state index contributed by atoms with van der Waals surface area (Å²) in [6.45, 7) is 2.95. The average Bonchev–Trinajstić information content (AvgIpc) is 3.04. The van der Waals surface area contributed by atoms with Crippen LogP contribution in [-0.2, 0) is 0 Å². The standard InChI is InChI=1S/C17H16BrN3O2/c1-12-3-4-14(11-19-12)17(23)21-10-2-9-20(21)16(22)13-5-7-15(18)8-6-13/h3-8,11H,2,9-10H2,1H3. The van der Waals surface area contributed by atoms with Gasteiger partial charge in [-0.15, -0.1) is 0 Å². The van der Waals surface area contributed by atoms with Crippen molar-refractivity contribution in [1.29, 1.82) is 0 Å². The highest BCUT2D eigenvalue weighted by molar-refractivity contribution is 9.10. The first-order valence-electron chi connectivity index (χ1n) is 7.38. The number of amides is 2. The molecule has 0 unspecified atom stereocenters. The molecule has 6 heteroatoms. The molecule has 23 heavy (non-hydrogen) atoms. The normalized spacial score (nSPS) is 14.2. The van der Waals surface area contributed by atoms with Gasteiger partial charge in [0, 0.05) is 35.0 Å². The smallest absolute Gasteiger partial charge is 0.267 e. The van der Waals surface area contributed by atoms with Gasteiger partial charge in [0.25, 0.3) is 11.8 Å². The summed E-state index contributed by atoms with van der Waals surface area (Å²) in [5, 5.41) is 3.03. The first kappa shape index (κ1) is 15.7. The summed E-state index contributed by atoms with van der Waals surface area (Å²) in [4.78, 5) is 29.5. The van der Waals surface area contributed by atoms with E-state index in [1.165, 1.54) is 10.0 Å². The Kier molecular flexibility index (Phi) is 4.43. The third-order valence-corrected chi connectivity index (χ3v) is 4.28. The maximum atomic E-state index is 12.7. The van der Waals surface area contributed by atoms with E-state index in [4.69, 9.17) is 0 Å². The molecule has 1 fully saturated rings. The van der Waals surface area contributed by atoms with Gasteiger partial charge in [-0.25, -0.2) is 10.0 Å². The van der Waals surface area contributed by atoms with Gasteiger partial charge in [-0.3, -0.25) is 14.6 Å². The monoisotopic (exact) mass is 373 g/mol. The van der Waals surface area contributed by atoms with Gasteiger partial charge >= 0.3 is 0 Å². The van der Waals surface area contributed by atoms with E-state index < -0.39 is 0 Å². The number of aromatic nitrogens is 1. The van der Waals surface area contributed by atoms with E-state index in [9.17, 15) is 9.59 Å². The van der Waals surface area contributed by atoms with Gasteiger partial charge in [0.15, 0.2) is 0 Å². The largest absolute Gasteiger partial charge is 0.274 e. The molecule has 2 aromatic rings. The summed E-state index contributed by atoms with van der Waals surface area (Å²) < 4.78 is 0.911. The quantitative estimate of drug-likeness (QED) is 0.812. The molecule has 1 aliphatic heterocycles. The molecule has 1 aromatic heterocycles. The number of aryl methyl sites for hydroxylation is 1. The van der Waals surface area contributed by atoms with Gasteiger partial charge in [0.2, 0.25) is 0 Å². The molecule has 0 bridgehead atoms. The summed E-state index contributed by atoms with van der Waals surface area (Å²) in [5.74, 6) is -0.358. The summed E-state index contributed by atoms with van der Waals surface area (Å²) in [6, 6.07) is 10.7. The van der Waals surface area contributed by atoms with Gasteiger partial charge in [-0.1, -0.05) is 15.9 Å². The van der Waals surface area contributed by atoms with E-state index in [2.05, 4.69) is 20.9 Å². The lowest BCUT2D eigenvalue weighted by molar-refractivity contribution is 0.0186. The predicted octanol–water partition coefficient (Wildman–Crippen LogP) is 3.06. The van der Waals surface area contributed by atoms with Gasteiger partial charge in [-0.05, 0) is 49.7 Å². The molecular formula is C17H16BrN3O2. The summed E-state index contributed by atoms with van der Waals surface area (Å²) in [5.41, 5.74) is 1.91. The fraction of sp³-hybridized carbons (Fsp3) is 0.235. The molecule has 1 aromatic carbocycles. The molecule has 0 atom stereocenters. The van der Waals surface area contributed by atoms with Crippen LogP contribution in [0.25, 0.3) is 0 Å². The van der Waals surface area contributed by atoms with Gasteiger partial charge in [0.05, 0.1) is 5.56 Å². The first-order valence-corrected chi connectivity index (χ1v) is 8.17. The fourth-order valence-corrected chi connectivity index (χ4v) is 2.78. The lowest BCUT2D eigenvalue weighted by Gasteiger charge is -2.28. The molecule has 118 valence electrons. The Morgan fingerprint density at radius 2 is 1.52 bits per heavy atom. The summed E-state index contributed by atoms with van der Waals surface area (Å²) in [6.07, 6.45) is 2.32. The van der Waals surface area contributed by atoms with Gasteiger partial charge < -0.3 is 0 Å². The van der Waals surface area contributed by atoms with Gasteiger partial charge in [0.1, 0.15) is 0 Å². The highest BCUT2D eigenvalue weighted by atomic mass is 79.9. The number of hydrogen-bond donors (Lipinski definition) is 0. The van der Waals surface area contributed by atoms with Crippen LogP contribution in [0, 0.1) is 6.92 Å². The minimum absolute atomic E-state index is 0.163. The maximum Gasteiger partial charge on any atom is 0.274 e. The van der Waals surface area contributed by atoms with Crippen molar-refractivity contribution in [3.05, 3.63) is 63.9 Å². The van der Waals surface area contributed by atoms with Crippen LogP contribution in [0.1, 0.15) is 32.8 Å². The molecule has 0 aliphatic carbocycles. The van der Waals surface area contributed by atoms with Crippen molar-refractivity contribution in [2.75, 3.05) is 13.1 Å². The number of pyridine rings is 1. The molecule has 3 rings (SSSR count). The predicted molar refractivity (Wildman–Crippen MR) is 89.8 cm³/mol. The lowest BCUT2D eigenvalue weighted by atomic mass is 10.2. The number of hydrogen-bond acceptors (Lipinski definition) is 3. The number of halogens is 1. The van der Waals surface area contributed by atoms with Crippen molar-refractivity contribution in [2.45, 2.75) is 13.3 Å². The van der Waals surface area contributed by atoms with Crippen LogP contribution in [0.3, 0.4) is 0 Å². The van der Waals surface area contributed by atoms with Gasteiger partial charge in [-0.2, -0.15) is 0 Å². The molecule has 0 saturated carbocycles. The van der Waals surface area contributed by atoms with Crippen LogP contribution < -0.4 is 0 Å². The molecule has 2 amide bonds. The Hall–Kier alpha value is -2.21. The average molecular weight is 374 g/mol. The molecule has 0 spiro atoms. The fourth-order valence-electron chi connectivity index (χ4n) is 2.52. The van der Waals surface area contributed by atoms with Crippen molar-refractivity contribution in [3.8, 4) is 0 Å². The molecule has 5 nitrogen and oxygen atoms in total. The molecule has 0 radical (unpaired) electrons. The van der Waals surface area contributed by atoms with E-state index >= 15 is 0 Å². The second-order valence-corrected chi connectivity index (χ2v) is 6.32. The number of benzene rings is 1. The van der Waals surface area contributed by atoms with Crippen molar-refractivity contribution in [3.63, 3.8) is 0 Å². The molecule has 1 aliphatic rings. The minimum atomic E-state index is -0.194. The third kappa shape index (κ3) is 3.27. The Morgan fingerprint density at radius 1 is 0.957 bits per heavy atom. The Morgan fingerprint density at radius 3 is 2.09 bits per heavy atom. The van der Waals surface area contributed by atoms with E-state index in [0.717, 1.165) is 16.6 Å². The second kappa shape index (κ2) is 6.50. The summed E-state index contributed by atoms with van der Waals surface area (Å²) >= 11 is 3.35. The van der Waals surface area contributed by atoms with E-state index in [0.29, 0.717) is 24.2 Å². The van der Waals surface area contributed by atoms with E-state index in [1.54, 1.807) is 30.5 Å². The van der Waals surface area contributed by atoms with Crippen molar-refractivity contribution in [2.24, 2.45) is 0 Å². The number of rotatable bonds is 2. The maximum absolute atomic E-state index is 12.7. The highest BCUT2D eigenvalue weighted by Gasteiger charge is 2.31. The highest BCUT2D eigenvalue weighted by Crippen LogP contribution is 2.19. The Labute approximate surface area is 143 Å². The summed E-state index contributed by atoms with van der Waals surface area (Å²) in [7, 11) is 0. The Balaban J connectivity index is 1.82. The number of hydrazine groups is 1. The molecule has 2 heterocycles. The second-order valence-electron chi connectivity index (χ2n) is 5.41. The van der Waals surface area contributed by atoms with Crippen LogP contribution in [0.2, 0.25) is 0 Å². The first-order chi connectivity index (χ1) is 11.1. The Bertz CT molecular complexity index is 665. The molecule has 0 N–H and O–H groups in total. The molecule has 1 saturated heterocycles. The van der Waals surface area contributed by atoms with E-state index in [-0.39, 0.29) is 11.8 Å². The molecular weight excluding hydrogens is 358 g/mol. The zero-order chi connectivity index (χ0) is 16.4. The zero-order valence-corrected chi connectivity index (χ0v) is 14.3. The SMILES string of the molecule is Cc1ccc(C(=O)N2CCCN2C(=O)c2ccc(Br)cc2)cn1. The van der Waals surface area contributed by atoms with Crippen LogP contribution in [-0.4, -0.2) is 39.9 Å². The van der Waals surface area contributed by atoms with Crippen LogP contribution in [0.15, 0.2) is 47.1 Å². The topological polar surface area (TPSA) is 53.5 Å².